The fourth-order valence-electron chi connectivity index (χ4n) is 2.41. The van der Waals surface area contributed by atoms with Gasteiger partial charge in [-0.3, -0.25) is 4.79 Å². The normalized spacial score (nSPS) is 17.8. The lowest BCUT2D eigenvalue weighted by Gasteiger charge is -2.30. The van der Waals surface area contributed by atoms with Crippen molar-refractivity contribution in [2.45, 2.75) is 24.2 Å². The molecule has 116 valence electrons. The van der Waals surface area contributed by atoms with Crippen molar-refractivity contribution in [3.05, 3.63) is 29.8 Å². The van der Waals surface area contributed by atoms with Crippen molar-refractivity contribution in [2.75, 3.05) is 13.1 Å². The number of nitrogens with zero attached hydrogens (tertiary/aromatic N) is 1. The molecule has 8 heteroatoms. The predicted molar refractivity (Wildman–Crippen MR) is 70.1 cm³/mol. The lowest BCUT2D eigenvalue weighted by molar-refractivity contribution is -0.138. The molecule has 0 radical (unpaired) electrons. The van der Waals surface area contributed by atoms with Gasteiger partial charge < -0.3 is 5.11 Å². The molecule has 0 saturated carbocycles. The van der Waals surface area contributed by atoms with Gasteiger partial charge in [-0.1, -0.05) is 0 Å². The summed E-state index contributed by atoms with van der Waals surface area (Å²) in [4.78, 5) is 9.95. The van der Waals surface area contributed by atoms with Crippen LogP contribution in [0.4, 0.5) is 8.78 Å². The molecule has 2 rings (SSSR count). The monoisotopic (exact) mass is 319 g/mol. The second-order valence-electron chi connectivity index (χ2n) is 5.02. The molecule has 21 heavy (non-hydrogen) atoms. The summed E-state index contributed by atoms with van der Waals surface area (Å²) in [5.74, 6) is -2.83. The molecule has 0 spiro atoms. The molecule has 1 aromatic rings. The molecule has 1 aliphatic rings. The molecular weight excluding hydrogens is 304 g/mol. The lowest BCUT2D eigenvalue weighted by Crippen LogP contribution is -2.39. The zero-order chi connectivity index (χ0) is 15.6. The van der Waals surface area contributed by atoms with Gasteiger partial charge in [-0.2, -0.15) is 4.31 Å². The number of sulfonamides is 1. The van der Waals surface area contributed by atoms with Crippen molar-refractivity contribution in [1.82, 2.24) is 4.31 Å². The molecule has 1 saturated heterocycles. The summed E-state index contributed by atoms with van der Waals surface area (Å²) in [6.07, 6.45) is 0.771. The minimum Gasteiger partial charge on any atom is -0.481 e. The van der Waals surface area contributed by atoms with Crippen LogP contribution in [0.5, 0.6) is 0 Å². The molecule has 5 nitrogen and oxygen atoms in total. The van der Waals surface area contributed by atoms with Crippen LogP contribution in [0, 0.1) is 17.6 Å². The van der Waals surface area contributed by atoms with E-state index < -0.39 is 32.5 Å². The van der Waals surface area contributed by atoms with Crippen LogP contribution in [0.25, 0.3) is 0 Å². The third-order valence-corrected chi connectivity index (χ3v) is 5.46. The highest BCUT2D eigenvalue weighted by molar-refractivity contribution is 7.89. The van der Waals surface area contributed by atoms with E-state index in [9.17, 15) is 22.0 Å². The molecule has 1 heterocycles. The first-order chi connectivity index (χ1) is 9.80. The van der Waals surface area contributed by atoms with Crippen molar-refractivity contribution < 1.29 is 27.1 Å². The molecule has 0 atom stereocenters. The van der Waals surface area contributed by atoms with E-state index in [1.807, 2.05) is 0 Å². The quantitative estimate of drug-likeness (QED) is 0.919. The predicted octanol–water partition coefficient (Wildman–Crippen LogP) is 1.84. The van der Waals surface area contributed by atoms with Crippen molar-refractivity contribution in [1.29, 1.82) is 0 Å². The number of hydrogen-bond acceptors (Lipinski definition) is 3. The van der Waals surface area contributed by atoms with Crippen molar-refractivity contribution >= 4 is 16.0 Å². The Hall–Kier alpha value is -1.54. The van der Waals surface area contributed by atoms with E-state index in [0.717, 1.165) is 16.4 Å². The molecule has 0 bridgehead atoms. The molecule has 0 unspecified atom stereocenters. The van der Waals surface area contributed by atoms with E-state index in [0.29, 0.717) is 18.9 Å². The molecule has 1 N–H and O–H groups in total. The van der Waals surface area contributed by atoms with E-state index in [1.165, 1.54) is 0 Å². The van der Waals surface area contributed by atoms with Gasteiger partial charge in [0.1, 0.15) is 16.5 Å². The standard InChI is InChI=1S/C13H15F2NO4S/c14-10-1-2-11(15)12(8-10)21(19,20)16-5-3-9(4-6-16)7-13(17)18/h1-2,8-9H,3-7H2,(H,17,18). The number of halogens is 2. The van der Waals surface area contributed by atoms with Crippen LogP contribution < -0.4 is 0 Å². The Morgan fingerprint density at radius 2 is 1.90 bits per heavy atom. The van der Waals surface area contributed by atoms with Crippen LogP contribution in [0.2, 0.25) is 0 Å². The van der Waals surface area contributed by atoms with Gasteiger partial charge in [0.15, 0.2) is 0 Å². The van der Waals surface area contributed by atoms with E-state index in [4.69, 9.17) is 5.11 Å². The Morgan fingerprint density at radius 1 is 1.29 bits per heavy atom. The SMILES string of the molecule is O=C(O)CC1CCN(S(=O)(=O)c2cc(F)ccc2F)CC1. The van der Waals surface area contributed by atoms with Gasteiger partial charge in [0.2, 0.25) is 10.0 Å². The average Bonchev–Trinajstić information content (AvgIpc) is 2.41. The Labute approximate surface area is 121 Å². The Bertz CT molecular complexity index is 640. The summed E-state index contributed by atoms with van der Waals surface area (Å²) in [5, 5.41) is 8.71. The maximum Gasteiger partial charge on any atom is 0.303 e. The first kappa shape index (κ1) is 15.8. The summed E-state index contributed by atoms with van der Waals surface area (Å²) in [6, 6.07) is 2.29. The van der Waals surface area contributed by atoms with Crippen LogP contribution in [0.1, 0.15) is 19.3 Å². The maximum atomic E-state index is 13.6. The van der Waals surface area contributed by atoms with Crippen LogP contribution >= 0.6 is 0 Å². The fraction of sp³-hybridized carbons (Fsp3) is 0.462. The zero-order valence-corrected chi connectivity index (χ0v) is 11.9. The second kappa shape index (κ2) is 6.07. The number of carboxylic acid groups (broad SMARTS) is 1. The summed E-state index contributed by atoms with van der Waals surface area (Å²) in [6.45, 7) is 0.215. The highest BCUT2D eigenvalue weighted by Gasteiger charge is 2.32. The van der Waals surface area contributed by atoms with Crippen molar-refractivity contribution in [2.24, 2.45) is 5.92 Å². The van der Waals surface area contributed by atoms with Crippen LogP contribution in [-0.4, -0.2) is 36.9 Å². The Balaban J connectivity index is 2.15. The maximum absolute atomic E-state index is 13.6. The molecular formula is C13H15F2NO4S. The molecule has 1 fully saturated rings. The largest absolute Gasteiger partial charge is 0.481 e. The number of rotatable bonds is 4. The first-order valence-electron chi connectivity index (χ1n) is 6.47. The van der Waals surface area contributed by atoms with Crippen LogP contribution in [0.3, 0.4) is 0 Å². The number of piperidine rings is 1. The molecule has 0 aromatic heterocycles. The van der Waals surface area contributed by atoms with Gasteiger partial charge in [-0.15, -0.1) is 0 Å². The van der Waals surface area contributed by atoms with Crippen molar-refractivity contribution in [3.63, 3.8) is 0 Å². The van der Waals surface area contributed by atoms with Gasteiger partial charge >= 0.3 is 5.97 Å². The third kappa shape index (κ3) is 3.56. The van der Waals surface area contributed by atoms with E-state index >= 15 is 0 Å². The number of hydrogen-bond donors (Lipinski definition) is 1. The second-order valence-corrected chi connectivity index (χ2v) is 6.93. The molecule has 0 amide bonds. The number of carboxylic acids is 1. The smallest absolute Gasteiger partial charge is 0.303 e. The van der Waals surface area contributed by atoms with Gasteiger partial charge in [0, 0.05) is 19.5 Å². The van der Waals surface area contributed by atoms with Gasteiger partial charge in [-0.25, -0.2) is 17.2 Å². The zero-order valence-electron chi connectivity index (χ0n) is 11.1. The van der Waals surface area contributed by atoms with Crippen LogP contribution in [0.15, 0.2) is 23.1 Å². The summed E-state index contributed by atoms with van der Waals surface area (Å²) < 4.78 is 52.4. The molecule has 1 aromatic carbocycles. The van der Waals surface area contributed by atoms with Gasteiger partial charge in [-0.05, 0) is 37.0 Å². The number of aliphatic carboxylic acids is 1. The Morgan fingerprint density at radius 3 is 2.48 bits per heavy atom. The van der Waals surface area contributed by atoms with Gasteiger partial charge in [0.25, 0.3) is 0 Å². The third-order valence-electron chi connectivity index (χ3n) is 3.55. The number of benzene rings is 1. The lowest BCUT2D eigenvalue weighted by atomic mass is 9.95. The van der Waals surface area contributed by atoms with E-state index in [1.54, 1.807) is 0 Å². The van der Waals surface area contributed by atoms with Crippen LogP contribution in [-0.2, 0) is 14.8 Å². The molecule has 1 aliphatic heterocycles. The first-order valence-corrected chi connectivity index (χ1v) is 7.91. The minimum atomic E-state index is -4.10. The summed E-state index contributed by atoms with van der Waals surface area (Å²) in [5.41, 5.74) is 0. The topological polar surface area (TPSA) is 74.7 Å². The van der Waals surface area contributed by atoms with E-state index in [2.05, 4.69) is 0 Å². The summed E-state index contributed by atoms with van der Waals surface area (Å²) in [7, 11) is -4.10. The van der Waals surface area contributed by atoms with Gasteiger partial charge in [0.05, 0.1) is 0 Å². The molecule has 0 aliphatic carbocycles. The number of carbonyl (C=O) groups is 1. The van der Waals surface area contributed by atoms with E-state index in [-0.39, 0.29) is 25.4 Å². The highest BCUT2D eigenvalue weighted by atomic mass is 32.2. The van der Waals surface area contributed by atoms with Crippen molar-refractivity contribution in [3.8, 4) is 0 Å². The minimum absolute atomic E-state index is 0.0117. The fourth-order valence-corrected chi connectivity index (χ4v) is 3.96. The average molecular weight is 319 g/mol. The highest BCUT2D eigenvalue weighted by Crippen LogP contribution is 2.27. The Kier molecular flexibility index (Phi) is 4.58. The summed E-state index contributed by atoms with van der Waals surface area (Å²) >= 11 is 0.